The van der Waals surface area contributed by atoms with E-state index < -0.39 is 11.2 Å². The number of nitrogens with zero attached hydrogens (tertiary/aromatic N) is 3. The van der Waals surface area contributed by atoms with Crippen LogP contribution in [0.3, 0.4) is 0 Å². The van der Waals surface area contributed by atoms with Crippen LogP contribution in [0.1, 0.15) is 72.4 Å². The first-order valence-electron chi connectivity index (χ1n) is 10.5. The fourth-order valence-electron chi connectivity index (χ4n) is 3.79. The van der Waals surface area contributed by atoms with Gasteiger partial charge in [0.1, 0.15) is 17.0 Å². The number of hydrogen-bond acceptors (Lipinski definition) is 6. The first-order chi connectivity index (χ1) is 13.6. The van der Waals surface area contributed by atoms with Crippen LogP contribution in [0.25, 0.3) is 5.65 Å². The number of alkyl carbamates (subject to hydrolysis) is 1. The third-order valence-corrected chi connectivity index (χ3v) is 5.51. The Kier molecular flexibility index (Phi) is 6.03. The van der Waals surface area contributed by atoms with Gasteiger partial charge in [0.15, 0.2) is 5.65 Å². The lowest BCUT2D eigenvalue weighted by atomic mass is 9.93. The fourth-order valence-corrected chi connectivity index (χ4v) is 3.79. The van der Waals surface area contributed by atoms with E-state index in [9.17, 15) is 9.90 Å². The van der Waals surface area contributed by atoms with Crippen molar-refractivity contribution in [1.82, 2.24) is 19.9 Å². The molecular weight excluding hydrogens is 370 g/mol. The summed E-state index contributed by atoms with van der Waals surface area (Å²) in [7, 11) is 0. The van der Waals surface area contributed by atoms with Crippen molar-refractivity contribution in [2.75, 3.05) is 5.32 Å². The van der Waals surface area contributed by atoms with Crippen LogP contribution < -0.4 is 10.6 Å². The maximum absolute atomic E-state index is 12.0. The van der Waals surface area contributed by atoms with E-state index in [1.54, 1.807) is 10.7 Å². The van der Waals surface area contributed by atoms with E-state index in [0.29, 0.717) is 24.2 Å². The molecule has 0 spiro atoms. The number of amides is 1. The minimum Gasteiger partial charge on any atom is -0.444 e. The monoisotopic (exact) mass is 403 g/mol. The average molecular weight is 404 g/mol. The van der Waals surface area contributed by atoms with Crippen LogP contribution in [-0.2, 0) is 10.3 Å². The second kappa shape index (κ2) is 8.18. The van der Waals surface area contributed by atoms with Crippen molar-refractivity contribution < 1.29 is 14.6 Å². The van der Waals surface area contributed by atoms with E-state index in [-0.39, 0.29) is 18.2 Å². The van der Waals surface area contributed by atoms with Gasteiger partial charge in [0.25, 0.3) is 0 Å². The summed E-state index contributed by atoms with van der Waals surface area (Å²) in [6, 6.07) is 3.98. The number of rotatable bonds is 6. The first kappa shape index (κ1) is 21.4. The van der Waals surface area contributed by atoms with Crippen molar-refractivity contribution in [2.24, 2.45) is 0 Å². The molecule has 1 amide bonds. The molecule has 0 saturated heterocycles. The third-order valence-electron chi connectivity index (χ3n) is 5.51. The van der Waals surface area contributed by atoms with Gasteiger partial charge in [-0.05, 0) is 52.9 Å². The van der Waals surface area contributed by atoms with E-state index >= 15 is 0 Å². The van der Waals surface area contributed by atoms with E-state index in [1.807, 2.05) is 46.8 Å². The Balaban J connectivity index is 1.72. The number of nitrogens with one attached hydrogen (secondary N) is 2. The second-order valence-electron chi connectivity index (χ2n) is 8.86. The summed E-state index contributed by atoms with van der Waals surface area (Å²) < 4.78 is 7.11. The maximum atomic E-state index is 12.0. The van der Waals surface area contributed by atoms with Gasteiger partial charge in [0.05, 0.1) is 11.9 Å². The molecule has 1 aliphatic rings. The standard InChI is InChI=1S/C21H33N5O3/c1-6-21(28,7-2)16-13-18(26-17(25-16)10-11-22-26)23-14-8-9-15(12-14)24-19(27)29-20(3,4)5/h10-11,13-15,23,28H,6-9,12H2,1-5H3,(H,24,27)/t14-,15-/m0/s1. The fraction of sp³-hybridized carbons (Fsp3) is 0.667. The minimum absolute atomic E-state index is 0.0694. The Bertz CT molecular complexity index is 854. The molecule has 160 valence electrons. The van der Waals surface area contributed by atoms with E-state index in [4.69, 9.17) is 4.74 Å². The number of fused-ring (bicyclic) bond motifs is 1. The third kappa shape index (κ3) is 4.98. The summed E-state index contributed by atoms with van der Waals surface area (Å²) in [5.41, 5.74) is -0.112. The zero-order valence-electron chi connectivity index (χ0n) is 18.0. The molecule has 8 nitrogen and oxygen atoms in total. The Morgan fingerprint density at radius 3 is 2.62 bits per heavy atom. The summed E-state index contributed by atoms with van der Waals surface area (Å²) >= 11 is 0. The quantitative estimate of drug-likeness (QED) is 0.681. The largest absolute Gasteiger partial charge is 0.444 e. The molecule has 0 bridgehead atoms. The molecule has 0 aromatic carbocycles. The Labute approximate surface area is 172 Å². The van der Waals surface area contributed by atoms with E-state index in [2.05, 4.69) is 20.7 Å². The van der Waals surface area contributed by atoms with Crippen LogP contribution in [0.15, 0.2) is 18.3 Å². The van der Waals surface area contributed by atoms with Crippen LogP contribution in [0.4, 0.5) is 10.6 Å². The normalized spacial score (nSPS) is 20.1. The summed E-state index contributed by atoms with van der Waals surface area (Å²) in [4.78, 5) is 16.6. The molecule has 3 N–H and O–H groups in total. The number of hydrogen-bond donors (Lipinski definition) is 3. The predicted molar refractivity (Wildman–Crippen MR) is 112 cm³/mol. The number of anilines is 1. The summed E-state index contributed by atoms with van der Waals surface area (Å²) in [5, 5.41) is 21.8. The van der Waals surface area contributed by atoms with Gasteiger partial charge in [0.2, 0.25) is 0 Å². The van der Waals surface area contributed by atoms with Crippen LogP contribution in [0.2, 0.25) is 0 Å². The van der Waals surface area contributed by atoms with Crippen molar-refractivity contribution in [1.29, 1.82) is 0 Å². The van der Waals surface area contributed by atoms with Gasteiger partial charge in [-0.3, -0.25) is 0 Å². The number of ether oxygens (including phenoxy) is 1. The zero-order valence-corrected chi connectivity index (χ0v) is 18.0. The average Bonchev–Trinajstić information content (AvgIpc) is 3.28. The Morgan fingerprint density at radius 1 is 1.28 bits per heavy atom. The van der Waals surface area contributed by atoms with Crippen LogP contribution in [0, 0.1) is 0 Å². The molecular formula is C21H33N5O3. The molecule has 1 saturated carbocycles. The molecule has 2 aromatic rings. The van der Waals surface area contributed by atoms with Gasteiger partial charge in [-0.25, -0.2) is 9.78 Å². The molecule has 2 aromatic heterocycles. The summed E-state index contributed by atoms with van der Waals surface area (Å²) in [6.45, 7) is 9.49. The predicted octanol–water partition coefficient (Wildman–Crippen LogP) is 3.59. The van der Waals surface area contributed by atoms with Crippen LogP contribution in [0.5, 0.6) is 0 Å². The van der Waals surface area contributed by atoms with Crippen molar-refractivity contribution in [3.63, 3.8) is 0 Å². The van der Waals surface area contributed by atoms with Gasteiger partial charge >= 0.3 is 6.09 Å². The molecule has 0 radical (unpaired) electrons. The highest BCUT2D eigenvalue weighted by Crippen LogP contribution is 2.30. The molecule has 1 fully saturated rings. The highest BCUT2D eigenvalue weighted by Gasteiger charge is 2.30. The number of aliphatic hydroxyl groups is 1. The van der Waals surface area contributed by atoms with Gasteiger partial charge < -0.3 is 20.5 Å². The Hall–Kier alpha value is -2.35. The zero-order chi connectivity index (χ0) is 21.2. The topological polar surface area (TPSA) is 101 Å². The first-order valence-corrected chi connectivity index (χ1v) is 10.5. The molecule has 29 heavy (non-hydrogen) atoms. The molecule has 2 atom stereocenters. The summed E-state index contributed by atoms with van der Waals surface area (Å²) in [6.07, 6.45) is 5.11. The molecule has 2 heterocycles. The number of aromatic nitrogens is 3. The SMILES string of the molecule is CCC(O)(CC)c1cc(N[C@H]2CC[C@H](NC(=O)OC(C)(C)C)C2)n2nccc2n1. The summed E-state index contributed by atoms with van der Waals surface area (Å²) in [5.74, 6) is 0.804. The second-order valence-corrected chi connectivity index (χ2v) is 8.86. The van der Waals surface area contributed by atoms with Gasteiger partial charge in [-0.2, -0.15) is 9.61 Å². The van der Waals surface area contributed by atoms with Gasteiger partial charge in [0, 0.05) is 24.2 Å². The lowest BCUT2D eigenvalue weighted by Gasteiger charge is -2.26. The molecule has 0 unspecified atom stereocenters. The highest BCUT2D eigenvalue weighted by molar-refractivity contribution is 5.68. The molecule has 8 heteroatoms. The lowest BCUT2D eigenvalue weighted by Crippen LogP contribution is -2.38. The van der Waals surface area contributed by atoms with E-state index in [1.165, 1.54) is 0 Å². The minimum atomic E-state index is -0.959. The molecule has 0 aliphatic heterocycles. The van der Waals surface area contributed by atoms with Crippen molar-refractivity contribution in [2.45, 2.75) is 90.0 Å². The van der Waals surface area contributed by atoms with Gasteiger partial charge in [-0.15, -0.1) is 0 Å². The molecule has 1 aliphatic carbocycles. The van der Waals surface area contributed by atoms with Crippen LogP contribution in [-0.4, -0.2) is 43.5 Å². The van der Waals surface area contributed by atoms with Crippen LogP contribution >= 0.6 is 0 Å². The smallest absolute Gasteiger partial charge is 0.407 e. The number of carbonyl (C=O) groups is 1. The highest BCUT2D eigenvalue weighted by atomic mass is 16.6. The Morgan fingerprint density at radius 2 is 1.97 bits per heavy atom. The van der Waals surface area contributed by atoms with Crippen molar-refractivity contribution in [3.05, 3.63) is 24.0 Å². The van der Waals surface area contributed by atoms with Crippen molar-refractivity contribution in [3.8, 4) is 0 Å². The van der Waals surface area contributed by atoms with Crippen molar-refractivity contribution >= 4 is 17.6 Å². The number of carbonyl (C=O) groups excluding carboxylic acids is 1. The lowest BCUT2D eigenvalue weighted by molar-refractivity contribution is 0.0242. The maximum Gasteiger partial charge on any atom is 0.407 e. The van der Waals surface area contributed by atoms with E-state index in [0.717, 1.165) is 25.1 Å². The van der Waals surface area contributed by atoms with Gasteiger partial charge in [-0.1, -0.05) is 13.8 Å². The molecule has 3 rings (SSSR count).